The zero-order valence-electron chi connectivity index (χ0n) is 7.83. The monoisotopic (exact) mass is 164 g/mol. The first-order chi connectivity index (χ1) is 5.81. The summed E-state index contributed by atoms with van der Waals surface area (Å²) in [6, 6.07) is 0. The first-order valence-electron chi connectivity index (χ1n) is 4.07. The van der Waals surface area contributed by atoms with E-state index >= 15 is 0 Å². The molecule has 0 aliphatic carbocycles. The van der Waals surface area contributed by atoms with Crippen molar-refractivity contribution in [3.05, 3.63) is 24.3 Å². The van der Waals surface area contributed by atoms with Crippen LogP contribution in [0.3, 0.4) is 0 Å². The highest BCUT2D eigenvalue weighted by atomic mass is 14.9. The van der Waals surface area contributed by atoms with Crippen LogP contribution in [0.5, 0.6) is 0 Å². The van der Waals surface area contributed by atoms with E-state index in [4.69, 9.17) is 0 Å². The minimum atomic E-state index is 0.759. The number of amidine groups is 1. The molecule has 0 atom stereocenters. The zero-order valence-corrected chi connectivity index (χ0v) is 7.83. The maximum absolute atomic E-state index is 4.15. The van der Waals surface area contributed by atoms with Crippen molar-refractivity contribution >= 4 is 12.6 Å². The molecule has 0 saturated carbocycles. The molecule has 0 saturated heterocycles. The van der Waals surface area contributed by atoms with Gasteiger partial charge >= 0.3 is 0 Å². The van der Waals surface area contributed by atoms with Crippen LogP contribution in [0, 0.1) is 0 Å². The maximum Gasteiger partial charge on any atom is 0.119 e. The van der Waals surface area contributed by atoms with Crippen LogP contribution < -0.4 is 0 Å². The molecule has 0 amide bonds. The predicted molar refractivity (Wildman–Crippen MR) is 56.1 cm³/mol. The van der Waals surface area contributed by atoms with Gasteiger partial charge in [-0.25, -0.2) is 4.99 Å². The summed E-state index contributed by atoms with van der Waals surface area (Å²) in [5.74, 6) is 0.759. The zero-order chi connectivity index (χ0) is 9.23. The number of nitrogens with zero attached hydrogens (tertiary/aromatic N) is 2. The largest absolute Gasteiger partial charge is 0.270 e. The van der Waals surface area contributed by atoms with Crippen LogP contribution >= 0.6 is 0 Å². The topological polar surface area (TPSA) is 24.7 Å². The van der Waals surface area contributed by atoms with Gasteiger partial charge in [-0.15, -0.1) is 0 Å². The van der Waals surface area contributed by atoms with E-state index < -0.39 is 0 Å². The molecule has 2 nitrogen and oxygen atoms in total. The fraction of sp³-hybridized carbons (Fsp3) is 0.400. The minimum absolute atomic E-state index is 0.759. The van der Waals surface area contributed by atoms with Crippen molar-refractivity contribution < 1.29 is 0 Å². The van der Waals surface area contributed by atoms with Crippen LogP contribution in [-0.2, 0) is 0 Å². The van der Waals surface area contributed by atoms with Gasteiger partial charge in [0, 0.05) is 6.54 Å². The van der Waals surface area contributed by atoms with Crippen LogP contribution in [0.2, 0.25) is 0 Å². The Kier molecular flexibility index (Phi) is 7.14. The molecule has 0 radical (unpaired) electrons. The smallest absolute Gasteiger partial charge is 0.119 e. The molecule has 2 heteroatoms. The average molecular weight is 164 g/mol. The molecule has 0 aromatic heterocycles. The van der Waals surface area contributed by atoms with Crippen LogP contribution in [0.25, 0.3) is 0 Å². The number of rotatable bonds is 4. The lowest BCUT2D eigenvalue weighted by Crippen LogP contribution is -1.86. The Morgan fingerprint density at radius 1 is 1.42 bits per heavy atom. The van der Waals surface area contributed by atoms with Crippen LogP contribution in [0.1, 0.15) is 20.3 Å². The summed E-state index contributed by atoms with van der Waals surface area (Å²) in [6.07, 6.45) is 9.06. The van der Waals surface area contributed by atoms with E-state index in [-0.39, 0.29) is 0 Å². The van der Waals surface area contributed by atoms with Crippen LogP contribution in [0.15, 0.2) is 34.3 Å². The molecule has 0 fully saturated rings. The Labute approximate surface area is 74.4 Å². The fourth-order valence-corrected chi connectivity index (χ4v) is 0.637. The van der Waals surface area contributed by atoms with Gasteiger partial charge in [-0.3, -0.25) is 4.99 Å². The molecule has 0 bridgehead atoms. The third-order valence-corrected chi connectivity index (χ3v) is 1.30. The van der Waals surface area contributed by atoms with Gasteiger partial charge in [0.2, 0.25) is 0 Å². The van der Waals surface area contributed by atoms with E-state index in [9.17, 15) is 0 Å². The first-order valence-corrected chi connectivity index (χ1v) is 4.07. The van der Waals surface area contributed by atoms with Gasteiger partial charge in [-0.2, -0.15) is 0 Å². The van der Waals surface area contributed by atoms with Crippen molar-refractivity contribution in [2.24, 2.45) is 9.98 Å². The first kappa shape index (κ1) is 10.8. The Hall–Kier alpha value is -1.18. The summed E-state index contributed by atoms with van der Waals surface area (Å²) in [7, 11) is 0. The second-order valence-corrected chi connectivity index (χ2v) is 2.33. The van der Waals surface area contributed by atoms with Crippen molar-refractivity contribution in [3.8, 4) is 0 Å². The highest BCUT2D eigenvalue weighted by molar-refractivity contribution is 5.83. The van der Waals surface area contributed by atoms with Gasteiger partial charge in [-0.05, 0) is 27.0 Å². The van der Waals surface area contributed by atoms with Crippen molar-refractivity contribution in [1.82, 2.24) is 0 Å². The van der Waals surface area contributed by atoms with Crippen molar-refractivity contribution in [3.63, 3.8) is 0 Å². The molecule has 0 aromatic carbocycles. The predicted octanol–water partition coefficient (Wildman–Crippen LogP) is 2.63. The van der Waals surface area contributed by atoms with Crippen molar-refractivity contribution in [1.29, 1.82) is 0 Å². The van der Waals surface area contributed by atoms with Crippen molar-refractivity contribution in [2.45, 2.75) is 20.3 Å². The summed E-state index contributed by atoms with van der Waals surface area (Å²) in [4.78, 5) is 7.84. The minimum Gasteiger partial charge on any atom is -0.270 e. The summed E-state index contributed by atoms with van der Waals surface area (Å²) < 4.78 is 0. The highest BCUT2D eigenvalue weighted by Gasteiger charge is 1.80. The molecule has 0 aromatic rings. The van der Waals surface area contributed by atoms with Gasteiger partial charge in [-0.1, -0.05) is 24.3 Å². The number of aliphatic imine (C=N–C) groups is 2. The van der Waals surface area contributed by atoms with E-state index in [0.29, 0.717) is 0 Å². The van der Waals surface area contributed by atoms with E-state index in [2.05, 4.69) is 22.8 Å². The number of hydrogen-bond acceptors (Lipinski definition) is 1. The molecule has 0 N–H and O–H groups in total. The second kappa shape index (κ2) is 7.92. The molecule has 0 spiro atoms. The molecule has 0 heterocycles. The second-order valence-electron chi connectivity index (χ2n) is 2.33. The van der Waals surface area contributed by atoms with Crippen LogP contribution in [-0.4, -0.2) is 19.1 Å². The molecule has 0 aliphatic heterocycles. The Morgan fingerprint density at radius 3 is 2.75 bits per heavy atom. The van der Waals surface area contributed by atoms with Crippen LogP contribution in [0.4, 0.5) is 0 Å². The fourth-order valence-electron chi connectivity index (χ4n) is 0.637. The Bertz CT molecular complexity index is 200. The van der Waals surface area contributed by atoms with Gasteiger partial charge in [0.15, 0.2) is 0 Å². The number of hydrogen-bond donors (Lipinski definition) is 0. The normalized spacial score (nSPS) is 13.0. The van der Waals surface area contributed by atoms with E-state index in [1.54, 1.807) is 0 Å². The number of allylic oxidation sites excluding steroid dienone is 3. The summed E-state index contributed by atoms with van der Waals surface area (Å²) >= 11 is 0. The summed E-state index contributed by atoms with van der Waals surface area (Å²) in [5, 5.41) is 0. The Morgan fingerprint density at radius 2 is 2.17 bits per heavy atom. The summed E-state index contributed by atoms with van der Waals surface area (Å²) in [6.45, 7) is 8.01. The SMILES string of the molecule is C=NC(C)=NCC/C=C/C=C\C. The molecule has 0 aliphatic rings. The molecule has 66 valence electrons. The highest BCUT2D eigenvalue weighted by Crippen LogP contribution is 1.87. The van der Waals surface area contributed by atoms with Gasteiger partial charge in [0.25, 0.3) is 0 Å². The lowest BCUT2D eigenvalue weighted by molar-refractivity contribution is 1.00. The summed E-state index contributed by atoms with van der Waals surface area (Å²) in [5.41, 5.74) is 0. The lowest BCUT2D eigenvalue weighted by Gasteiger charge is -1.89. The van der Waals surface area contributed by atoms with Crippen molar-refractivity contribution in [2.75, 3.05) is 6.54 Å². The standard InChI is InChI=1S/C10H16N2/c1-4-5-6-7-8-9-12-10(2)11-3/h4-7H,3,8-9H2,1-2H3/b5-4-,7-6+,12-10?. The van der Waals surface area contributed by atoms with E-state index in [0.717, 1.165) is 18.8 Å². The van der Waals surface area contributed by atoms with Gasteiger partial charge in [0.05, 0.1) is 0 Å². The third kappa shape index (κ3) is 6.93. The third-order valence-electron chi connectivity index (χ3n) is 1.30. The van der Waals surface area contributed by atoms with E-state index in [1.165, 1.54) is 0 Å². The molecule has 12 heavy (non-hydrogen) atoms. The quantitative estimate of drug-likeness (QED) is 0.264. The molecular weight excluding hydrogens is 148 g/mol. The molecule has 0 rings (SSSR count). The molecular formula is C10H16N2. The van der Waals surface area contributed by atoms with E-state index in [1.807, 2.05) is 32.1 Å². The average Bonchev–Trinajstić information content (AvgIpc) is 2.10. The molecule has 0 unspecified atom stereocenters. The maximum atomic E-state index is 4.15. The van der Waals surface area contributed by atoms with Gasteiger partial charge in [0.1, 0.15) is 5.84 Å². The lowest BCUT2D eigenvalue weighted by atomic mass is 10.3. The van der Waals surface area contributed by atoms with Gasteiger partial charge < -0.3 is 0 Å². The Balaban J connectivity index is 3.50.